The van der Waals surface area contributed by atoms with Gasteiger partial charge in [-0.05, 0) is 38.1 Å². The van der Waals surface area contributed by atoms with Gasteiger partial charge in [-0.2, -0.15) is 17.9 Å². The fourth-order valence-corrected chi connectivity index (χ4v) is 5.65. The lowest BCUT2D eigenvalue weighted by atomic mass is 10.1. The Morgan fingerprint density at radius 3 is 2.55 bits per heavy atom. The molecule has 0 aliphatic carbocycles. The number of likely N-dealkylation sites (N-methyl/N-ethyl adjacent to an activating group) is 1. The van der Waals surface area contributed by atoms with Crippen LogP contribution in [0.3, 0.4) is 0 Å². The van der Waals surface area contributed by atoms with Crippen molar-refractivity contribution in [2.24, 2.45) is 5.73 Å². The number of rotatable bonds is 6. The van der Waals surface area contributed by atoms with Crippen LogP contribution >= 0.6 is 0 Å². The highest BCUT2D eigenvalue weighted by Crippen LogP contribution is 2.30. The van der Waals surface area contributed by atoms with E-state index in [9.17, 15) is 31.2 Å². The number of hydrogen-bond acceptors (Lipinski definition) is 6. The second-order valence-corrected chi connectivity index (χ2v) is 9.96. The van der Waals surface area contributed by atoms with Crippen LogP contribution in [0.4, 0.5) is 18.9 Å². The molecule has 184 valence electrons. The molecular weight excluding hydrogens is 463 g/mol. The summed E-state index contributed by atoms with van der Waals surface area (Å²) in [5.41, 5.74) is 6.43. The van der Waals surface area contributed by atoms with Gasteiger partial charge in [-0.3, -0.25) is 14.5 Å². The quantitative estimate of drug-likeness (QED) is 0.597. The lowest BCUT2D eigenvalue weighted by molar-refractivity contribution is -0.194. The number of hydrogen-bond donors (Lipinski definition) is 2. The molecule has 0 saturated carbocycles. The minimum absolute atomic E-state index is 0.00895. The fraction of sp³-hybridized carbons (Fsp3) is 0.600. The van der Waals surface area contributed by atoms with Crippen molar-refractivity contribution < 1.29 is 31.2 Å². The molecule has 9 nitrogen and oxygen atoms in total. The van der Waals surface area contributed by atoms with Crippen LogP contribution in [0.2, 0.25) is 0 Å². The lowest BCUT2D eigenvalue weighted by Crippen LogP contribution is -2.62. The number of benzene rings is 1. The Morgan fingerprint density at radius 2 is 1.97 bits per heavy atom. The molecule has 2 atom stereocenters. The first-order valence-electron chi connectivity index (χ1n) is 10.5. The summed E-state index contributed by atoms with van der Waals surface area (Å²) in [6.07, 6.45) is -3.49. The van der Waals surface area contributed by atoms with Gasteiger partial charge in [-0.1, -0.05) is 6.07 Å². The lowest BCUT2D eigenvalue weighted by Gasteiger charge is -2.41. The van der Waals surface area contributed by atoms with Crippen molar-refractivity contribution in [1.82, 2.24) is 14.5 Å². The van der Waals surface area contributed by atoms with Crippen LogP contribution < -0.4 is 15.4 Å². The zero-order valence-electron chi connectivity index (χ0n) is 18.4. The number of nitrogens with two attached hydrogens (primary N) is 1. The topological polar surface area (TPSA) is 116 Å². The van der Waals surface area contributed by atoms with Gasteiger partial charge in [0.2, 0.25) is 21.8 Å². The Hall–Kier alpha value is -2.22. The normalized spacial score (nSPS) is 21.5. The highest BCUT2D eigenvalue weighted by molar-refractivity contribution is 7.89. The van der Waals surface area contributed by atoms with Gasteiger partial charge in [0.25, 0.3) is 0 Å². The SMILES string of the molecule is Cc1c(N2CCCC2=O)cccc1S(=O)(=O)N[C@@H](CN)C(=O)N1CCN(C)C(C(F)(F)F)C1. The van der Waals surface area contributed by atoms with E-state index in [1.807, 2.05) is 0 Å². The molecule has 2 aliphatic heterocycles. The molecule has 1 aromatic carbocycles. The van der Waals surface area contributed by atoms with E-state index < -0.39 is 47.3 Å². The second kappa shape index (κ2) is 9.57. The number of anilines is 1. The zero-order chi connectivity index (χ0) is 24.6. The molecule has 0 bridgehead atoms. The smallest absolute Gasteiger partial charge is 0.338 e. The molecule has 0 aromatic heterocycles. The molecule has 3 rings (SSSR count). The molecule has 2 heterocycles. The summed E-state index contributed by atoms with van der Waals surface area (Å²) in [4.78, 5) is 28.5. The van der Waals surface area contributed by atoms with Gasteiger partial charge >= 0.3 is 6.18 Å². The third-order valence-corrected chi connectivity index (χ3v) is 7.69. The monoisotopic (exact) mass is 491 g/mol. The number of carbonyl (C=O) groups is 2. The van der Waals surface area contributed by atoms with E-state index in [1.165, 1.54) is 24.1 Å². The van der Waals surface area contributed by atoms with Gasteiger partial charge in [-0.15, -0.1) is 0 Å². The Kier molecular flexibility index (Phi) is 7.36. The van der Waals surface area contributed by atoms with Crippen LogP contribution in [0.1, 0.15) is 18.4 Å². The number of alkyl halides is 3. The molecule has 1 aromatic rings. The Labute approximate surface area is 190 Å². The molecule has 2 amide bonds. The molecule has 2 saturated heterocycles. The maximum Gasteiger partial charge on any atom is 0.405 e. The Balaban J connectivity index is 1.81. The number of halogens is 3. The highest BCUT2D eigenvalue weighted by Gasteiger charge is 2.46. The van der Waals surface area contributed by atoms with Crippen LogP contribution in [0, 0.1) is 6.92 Å². The average Bonchev–Trinajstić information content (AvgIpc) is 3.16. The number of amides is 2. The molecule has 1 unspecified atom stereocenters. The summed E-state index contributed by atoms with van der Waals surface area (Å²) >= 11 is 0. The Bertz CT molecular complexity index is 1020. The minimum Gasteiger partial charge on any atom is -0.338 e. The van der Waals surface area contributed by atoms with Crippen LogP contribution in [0.15, 0.2) is 23.1 Å². The van der Waals surface area contributed by atoms with Gasteiger partial charge in [-0.25, -0.2) is 8.42 Å². The zero-order valence-corrected chi connectivity index (χ0v) is 19.2. The van der Waals surface area contributed by atoms with Crippen molar-refractivity contribution in [2.75, 3.05) is 44.7 Å². The van der Waals surface area contributed by atoms with Crippen LogP contribution in [-0.2, 0) is 19.6 Å². The van der Waals surface area contributed by atoms with Crippen molar-refractivity contribution >= 4 is 27.5 Å². The molecule has 2 aliphatic rings. The fourth-order valence-electron chi connectivity index (χ4n) is 4.19. The van der Waals surface area contributed by atoms with E-state index in [1.54, 1.807) is 13.0 Å². The van der Waals surface area contributed by atoms with E-state index in [4.69, 9.17) is 5.73 Å². The summed E-state index contributed by atoms with van der Waals surface area (Å²) < 4.78 is 68.4. The number of carbonyl (C=O) groups excluding carboxylic acids is 2. The average molecular weight is 492 g/mol. The van der Waals surface area contributed by atoms with Crippen molar-refractivity contribution in [3.8, 4) is 0 Å². The minimum atomic E-state index is -4.53. The molecule has 0 spiro atoms. The summed E-state index contributed by atoms with van der Waals surface area (Å²) in [5.74, 6) is -0.920. The predicted molar refractivity (Wildman–Crippen MR) is 115 cm³/mol. The Morgan fingerprint density at radius 1 is 1.27 bits per heavy atom. The molecular formula is C20H28F3N5O4S. The molecule has 0 radical (unpaired) electrons. The summed E-state index contributed by atoms with van der Waals surface area (Å²) in [7, 11) is -2.93. The number of nitrogens with zero attached hydrogens (tertiary/aromatic N) is 3. The van der Waals surface area contributed by atoms with Gasteiger partial charge < -0.3 is 15.5 Å². The van der Waals surface area contributed by atoms with E-state index in [0.717, 1.165) is 9.80 Å². The first-order chi connectivity index (χ1) is 15.4. The molecule has 33 heavy (non-hydrogen) atoms. The number of piperazine rings is 1. The van der Waals surface area contributed by atoms with Gasteiger partial charge in [0.05, 0.1) is 4.90 Å². The van der Waals surface area contributed by atoms with Crippen molar-refractivity contribution in [2.45, 2.75) is 42.9 Å². The summed E-state index contributed by atoms with van der Waals surface area (Å²) in [5, 5.41) is 0. The second-order valence-electron chi connectivity index (χ2n) is 8.28. The third kappa shape index (κ3) is 5.31. The van der Waals surface area contributed by atoms with Crippen LogP contribution in [0.25, 0.3) is 0 Å². The first kappa shape index (κ1) is 25.4. The van der Waals surface area contributed by atoms with Crippen LogP contribution in [0.5, 0.6) is 0 Å². The predicted octanol–water partition coefficient (Wildman–Crippen LogP) is 0.432. The van der Waals surface area contributed by atoms with Gasteiger partial charge in [0.15, 0.2) is 0 Å². The summed E-state index contributed by atoms with van der Waals surface area (Å²) in [6.45, 7) is 1.01. The van der Waals surface area contributed by atoms with Crippen molar-refractivity contribution in [1.29, 1.82) is 0 Å². The van der Waals surface area contributed by atoms with E-state index in [2.05, 4.69) is 4.72 Å². The largest absolute Gasteiger partial charge is 0.405 e. The third-order valence-electron chi connectivity index (χ3n) is 6.08. The summed E-state index contributed by atoms with van der Waals surface area (Å²) in [6, 6.07) is 1.21. The molecule has 13 heteroatoms. The van der Waals surface area contributed by atoms with E-state index >= 15 is 0 Å². The maximum atomic E-state index is 13.3. The number of sulfonamides is 1. The molecule has 2 fully saturated rings. The first-order valence-corrected chi connectivity index (χ1v) is 12.0. The van der Waals surface area contributed by atoms with Crippen molar-refractivity contribution in [3.05, 3.63) is 23.8 Å². The number of nitrogens with one attached hydrogen (secondary N) is 1. The van der Waals surface area contributed by atoms with E-state index in [-0.39, 0.29) is 23.9 Å². The highest BCUT2D eigenvalue weighted by atomic mass is 32.2. The van der Waals surface area contributed by atoms with Crippen molar-refractivity contribution in [3.63, 3.8) is 0 Å². The molecule has 3 N–H and O–H groups in total. The standard InChI is InChI=1S/C20H28F3N5O4S/c1-13-15(28-8-4-7-18(28)29)5-3-6-16(13)33(31,32)25-14(11-24)19(30)27-10-9-26(2)17(12-27)20(21,22)23/h3,5-6,14,17,25H,4,7-12,24H2,1-2H3/t14-,17?/m0/s1. The maximum absolute atomic E-state index is 13.3. The van der Waals surface area contributed by atoms with Gasteiger partial charge in [0, 0.05) is 44.8 Å². The van der Waals surface area contributed by atoms with Crippen LogP contribution in [-0.4, -0.2) is 88.1 Å². The van der Waals surface area contributed by atoms with E-state index in [0.29, 0.717) is 30.6 Å². The van der Waals surface area contributed by atoms with Gasteiger partial charge in [0.1, 0.15) is 12.1 Å².